The average molecular weight is 1390 g/mol. The van der Waals surface area contributed by atoms with E-state index >= 15 is 0 Å². The molecule has 0 radical (unpaired) electrons. The highest BCUT2D eigenvalue weighted by atomic mass is 32.1. The predicted octanol–water partition coefficient (Wildman–Crippen LogP) is 6.54. The van der Waals surface area contributed by atoms with E-state index in [2.05, 4.69) is 101 Å². The molecule has 0 saturated carbocycles. The molecule has 0 heterocycles. The van der Waals surface area contributed by atoms with Gasteiger partial charge in [-0.05, 0) is 12.2 Å². The van der Waals surface area contributed by atoms with Crippen molar-refractivity contribution in [2.45, 2.75) is 93.7 Å². The lowest BCUT2D eigenvalue weighted by Crippen LogP contribution is -2.36. The lowest BCUT2D eigenvalue weighted by Gasteiger charge is -2.25. The van der Waals surface area contributed by atoms with Gasteiger partial charge in [-0.25, -0.2) is 0 Å². The van der Waals surface area contributed by atoms with E-state index in [1.807, 2.05) is 0 Å². The molecule has 524 valence electrons. The lowest BCUT2D eigenvalue weighted by molar-refractivity contribution is -0.131. The van der Waals surface area contributed by atoms with E-state index in [0.29, 0.717) is 198 Å². The molecule has 7 unspecified atom stereocenters. The minimum atomic E-state index is -0.485. The first-order valence-corrected chi connectivity index (χ1v) is 32.3. The van der Waals surface area contributed by atoms with Crippen LogP contribution in [0, 0.1) is 0 Å². The summed E-state index contributed by atoms with van der Waals surface area (Å²) in [5.74, 6) is 4.80. The highest BCUT2D eigenvalue weighted by Crippen LogP contribution is 2.08. The standard InChI is InChI=1S/C50H102O21S8.6CH4/c51-31-44(1-23-72)71-43-50(70-15-9-58-22-30-79)42-64-41-49(69-14-8-57-21-29-78)40-63-39-48(68-13-7-56-20-28-77)38-62-37-47(67-12-6-55-19-27-76)36-61-35-46(66-11-5-54-18-26-75)34-60-33-45(65-10-4-53-17-25-74)32-59-3-2-52-16-24-73;;;;;;/h44-51,72-79H,1-43H2;6*1H4. The summed E-state index contributed by atoms with van der Waals surface area (Å²) in [7, 11) is 0. The summed E-state index contributed by atoms with van der Waals surface area (Å²) >= 11 is 33.8. The van der Waals surface area contributed by atoms with Gasteiger partial charge < -0.3 is 99.8 Å². The van der Waals surface area contributed by atoms with Crippen molar-refractivity contribution in [1.29, 1.82) is 0 Å². The van der Waals surface area contributed by atoms with E-state index in [1.165, 1.54) is 0 Å². The van der Waals surface area contributed by atoms with Gasteiger partial charge in [0.2, 0.25) is 0 Å². The van der Waals surface area contributed by atoms with Gasteiger partial charge in [0.25, 0.3) is 0 Å². The summed E-state index contributed by atoms with van der Waals surface area (Å²) in [6.07, 6.45) is -2.44. The lowest BCUT2D eigenvalue weighted by atomic mass is 10.3. The Kier molecular flexibility index (Phi) is 99.3. The fraction of sp³-hybridized carbons (Fsp3) is 1.00. The number of aliphatic hydroxyl groups excluding tert-OH is 1. The number of hydrogen-bond donors (Lipinski definition) is 9. The van der Waals surface area contributed by atoms with Crippen LogP contribution < -0.4 is 0 Å². The minimum absolute atomic E-state index is 0. The van der Waals surface area contributed by atoms with E-state index in [0.717, 1.165) is 0 Å². The number of hydrogen-bond acceptors (Lipinski definition) is 29. The van der Waals surface area contributed by atoms with Crippen LogP contribution in [-0.4, -0.2) is 318 Å². The van der Waals surface area contributed by atoms with Gasteiger partial charge in [-0.15, -0.1) is 0 Å². The summed E-state index contributed by atoms with van der Waals surface area (Å²) in [6.45, 7) is 11.0. The second-order valence-corrected chi connectivity index (χ2v) is 20.3. The maximum atomic E-state index is 9.77. The van der Waals surface area contributed by atoms with E-state index < -0.39 is 30.5 Å². The molecule has 0 amide bonds. The second kappa shape index (κ2) is 84.0. The van der Waals surface area contributed by atoms with Crippen molar-refractivity contribution in [3.63, 3.8) is 0 Å². The third kappa shape index (κ3) is 71.7. The molecule has 0 aromatic carbocycles. The quantitative estimate of drug-likeness (QED) is 0.0234. The van der Waals surface area contributed by atoms with Crippen LogP contribution in [0.1, 0.15) is 51.0 Å². The van der Waals surface area contributed by atoms with Crippen molar-refractivity contribution >= 4 is 101 Å². The zero-order valence-electron chi connectivity index (χ0n) is 46.6. The Morgan fingerprint density at radius 1 is 0.188 bits per heavy atom. The molecule has 0 saturated heterocycles. The van der Waals surface area contributed by atoms with E-state index in [9.17, 15) is 5.11 Å². The first-order valence-electron chi connectivity index (χ1n) is 27.2. The molecule has 0 aromatic rings. The van der Waals surface area contributed by atoms with E-state index in [-0.39, 0.29) is 136 Å². The smallest absolute Gasteiger partial charge is 0.104 e. The molecule has 0 aliphatic carbocycles. The number of ether oxygens (including phenoxy) is 20. The Morgan fingerprint density at radius 3 is 0.576 bits per heavy atom. The van der Waals surface area contributed by atoms with Crippen molar-refractivity contribution in [3.05, 3.63) is 0 Å². The van der Waals surface area contributed by atoms with Gasteiger partial charge in [-0.2, -0.15) is 101 Å². The molecular weight excluding hydrogens is 1270 g/mol. The van der Waals surface area contributed by atoms with Gasteiger partial charge >= 0.3 is 0 Å². The Bertz CT molecular complexity index is 1180. The summed E-state index contributed by atoms with van der Waals surface area (Å²) in [5.41, 5.74) is 0. The van der Waals surface area contributed by atoms with Crippen LogP contribution in [0.25, 0.3) is 0 Å². The first-order chi connectivity index (χ1) is 38.9. The minimum Gasteiger partial charge on any atom is -0.394 e. The molecule has 29 heteroatoms. The zero-order chi connectivity index (χ0) is 57.6. The molecule has 0 spiro atoms. The number of aliphatic hydroxyl groups is 1. The van der Waals surface area contributed by atoms with Gasteiger partial charge in [-0.3, -0.25) is 0 Å². The highest BCUT2D eigenvalue weighted by Gasteiger charge is 2.21. The maximum absolute atomic E-state index is 9.77. The Labute approximate surface area is 561 Å². The number of rotatable bonds is 69. The van der Waals surface area contributed by atoms with Gasteiger partial charge in [0.05, 0.1) is 231 Å². The van der Waals surface area contributed by atoms with Crippen LogP contribution >= 0.6 is 101 Å². The van der Waals surface area contributed by atoms with Gasteiger partial charge in [0.1, 0.15) is 36.6 Å². The molecule has 0 aliphatic rings. The molecule has 0 bridgehead atoms. The third-order valence-corrected chi connectivity index (χ3v) is 11.6. The highest BCUT2D eigenvalue weighted by molar-refractivity contribution is 7.81. The first kappa shape index (κ1) is 101. The summed E-state index contributed by atoms with van der Waals surface area (Å²) in [4.78, 5) is 0. The van der Waals surface area contributed by atoms with Gasteiger partial charge in [-0.1, -0.05) is 44.6 Å². The summed E-state index contributed by atoms with van der Waals surface area (Å²) in [5, 5.41) is 9.77. The van der Waals surface area contributed by atoms with E-state index in [1.54, 1.807) is 0 Å². The van der Waals surface area contributed by atoms with Crippen molar-refractivity contribution in [3.8, 4) is 0 Å². The van der Waals surface area contributed by atoms with Crippen molar-refractivity contribution < 1.29 is 99.8 Å². The maximum Gasteiger partial charge on any atom is 0.104 e. The molecule has 0 aliphatic heterocycles. The average Bonchev–Trinajstić information content (AvgIpc) is 3.46. The molecule has 7 atom stereocenters. The zero-order valence-corrected chi connectivity index (χ0v) is 53.8. The van der Waals surface area contributed by atoms with Crippen LogP contribution in [0.5, 0.6) is 0 Å². The Hall–Kier alpha value is 1.96. The van der Waals surface area contributed by atoms with Crippen LogP contribution in [0.3, 0.4) is 0 Å². The molecule has 0 aromatic heterocycles. The van der Waals surface area contributed by atoms with E-state index in [4.69, 9.17) is 94.7 Å². The van der Waals surface area contributed by atoms with Crippen molar-refractivity contribution in [2.24, 2.45) is 0 Å². The Balaban J connectivity index is -0.00000203. The van der Waals surface area contributed by atoms with Crippen molar-refractivity contribution in [1.82, 2.24) is 0 Å². The predicted molar refractivity (Wildman–Crippen MR) is 372 cm³/mol. The molecule has 1 N–H and O–H groups in total. The summed E-state index contributed by atoms with van der Waals surface area (Å²) < 4.78 is 119. The van der Waals surface area contributed by atoms with Crippen LogP contribution in [0.15, 0.2) is 0 Å². The SMILES string of the molecule is C.C.C.C.C.C.OCC(CCS)OCC(COCC(COCC(COCC(COCC(COCC(COCCOCCS)OCCOCCS)OCCOCCS)OCCOCCS)OCCOCCS)OCCOCCS)OCCOCCS. The molecular formula is C56H126O21S8. The molecule has 85 heavy (non-hydrogen) atoms. The van der Waals surface area contributed by atoms with Crippen LogP contribution in [0.4, 0.5) is 0 Å². The normalized spacial score (nSPS) is 13.7. The monoisotopic (exact) mass is 1390 g/mol. The fourth-order valence-corrected chi connectivity index (χ4v) is 7.47. The van der Waals surface area contributed by atoms with Gasteiger partial charge in [0, 0.05) is 40.3 Å². The van der Waals surface area contributed by atoms with Crippen molar-refractivity contribution in [2.75, 3.05) is 271 Å². The van der Waals surface area contributed by atoms with Crippen LogP contribution in [0.2, 0.25) is 0 Å². The molecule has 0 rings (SSSR count). The third-order valence-electron chi connectivity index (χ3n) is 10.0. The topological polar surface area (TPSA) is 205 Å². The molecule has 21 nitrogen and oxygen atoms in total. The van der Waals surface area contributed by atoms with Crippen LogP contribution in [-0.2, 0) is 94.7 Å². The largest absolute Gasteiger partial charge is 0.394 e. The second-order valence-electron chi connectivity index (χ2n) is 16.7. The molecule has 0 fully saturated rings. The summed E-state index contributed by atoms with van der Waals surface area (Å²) in [6, 6.07) is 0. The number of thiol groups is 8. The fourth-order valence-electron chi connectivity index (χ4n) is 6.28. The Morgan fingerprint density at radius 2 is 0.376 bits per heavy atom. The van der Waals surface area contributed by atoms with Gasteiger partial charge in [0.15, 0.2) is 0 Å².